The van der Waals surface area contributed by atoms with E-state index < -0.39 is 11.9 Å². The Morgan fingerprint density at radius 1 is 0.905 bits per heavy atom. The number of carboxylic acids is 1. The van der Waals surface area contributed by atoms with Crippen LogP contribution < -0.4 is 5.32 Å². The van der Waals surface area contributed by atoms with E-state index in [0.29, 0.717) is 0 Å². The van der Waals surface area contributed by atoms with Gasteiger partial charge in [-0.05, 0) is 22.3 Å². The number of nitrogens with one attached hydrogen (secondary N) is 1. The molecule has 0 aliphatic heterocycles. The highest BCUT2D eigenvalue weighted by atomic mass is 16.4. The van der Waals surface area contributed by atoms with E-state index in [-0.39, 0.29) is 6.04 Å². The van der Waals surface area contributed by atoms with Crippen molar-refractivity contribution in [2.75, 3.05) is 0 Å². The van der Waals surface area contributed by atoms with Gasteiger partial charge in [0.15, 0.2) is 0 Å². The molecule has 0 aromatic heterocycles. The average molecular weight is 279 g/mol. The number of benzene rings is 2. The molecule has 1 aliphatic carbocycles. The molecule has 1 aliphatic rings. The fourth-order valence-electron chi connectivity index (χ4n) is 2.65. The minimum absolute atomic E-state index is 0.247. The minimum Gasteiger partial charge on any atom is -0.478 e. The van der Waals surface area contributed by atoms with Crippen LogP contribution in [0.4, 0.5) is 0 Å². The van der Waals surface area contributed by atoms with Gasteiger partial charge in [-0.3, -0.25) is 4.79 Å². The molecular weight excluding hydrogens is 266 g/mol. The molecule has 2 aromatic rings. The zero-order chi connectivity index (χ0) is 14.8. The van der Waals surface area contributed by atoms with E-state index >= 15 is 0 Å². The van der Waals surface area contributed by atoms with E-state index in [0.717, 1.165) is 34.4 Å². The number of carbonyl (C=O) groups is 2. The molecule has 2 N–H and O–H groups in total. The monoisotopic (exact) mass is 279 g/mol. The van der Waals surface area contributed by atoms with Crippen molar-refractivity contribution in [1.29, 1.82) is 0 Å². The summed E-state index contributed by atoms with van der Waals surface area (Å²) in [7, 11) is 0. The van der Waals surface area contributed by atoms with Crippen LogP contribution in [0.5, 0.6) is 0 Å². The van der Waals surface area contributed by atoms with Crippen LogP contribution in [0, 0.1) is 0 Å². The first-order valence-corrected chi connectivity index (χ1v) is 6.56. The predicted molar refractivity (Wildman–Crippen MR) is 78.6 cm³/mol. The Hall–Kier alpha value is -2.88. The summed E-state index contributed by atoms with van der Waals surface area (Å²) >= 11 is 0. The van der Waals surface area contributed by atoms with Crippen molar-refractivity contribution in [1.82, 2.24) is 5.32 Å². The number of amides is 1. The van der Waals surface area contributed by atoms with Crippen LogP contribution in [0.2, 0.25) is 0 Å². The van der Waals surface area contributed by atoms with Gasteiger partial charge < -0.3 is 10.4 Å². The Morgan fingerprint density at radius 3 is 1.95 bits per heavy atom. The maximum absolute atomic E-state index is 11.9. The normalized spacial score (nSPS) is 13.0. The third kappa shape index (κ3) is 2.43. The third-order valence-electron chi connectivity index (χ3n) is 3.50. The van der Waals surface area contributed by atoms with Gasteiger partial charge in [0.25, 0.3) is 0 Å². The lowest BCUT2D eigenvalue weighted by Crippen LogP contribution is -2.26. The molecule has 0 heterocycles. The largest absolute Gasteiger partial charge is 0.478 e. The van der Waals surface area contributed by atoms with Gasteiger partial charge in [-0.1, -0.05) is 48.5 Å². The molecule has 104 valence electrons. The summed E-state index contributed by atoms with van der Waals surface area (Å²) < 4.78 is 0. The molecule has 4 heteroatoms. The molecule has 2 aromatic carbocycles. The Bertz CT molecular complexity index is 704. The fraction of sp³-hybridized carbons (Fsp3) is 0.0588. The van der Waals surface area contributed by atoms with Crippen molar-refractivity contribution < 1.29 is 14.7 Å². The Morgan fingerprint density at radius 2 is 1.43 bits per heavy atom. The highest BCUT2D eigenvalue weighted by Crippen LogP contribution is 2.42. The lowest BCUT2D eigenvalue weighted by molar-refractivity contribution is -0.131. The topological polar surface area (TPSA) is 66.4 Å². The summed E-state index contributed by atoms with van der Waals surface area (Å²) in [4.78, 5) is 22.3. The fourth-order valence-corrected chi connectivity index (χ4v) is 2.65. The molecule has 0 saturated heterocycles. The maximum Gasteiger partial charge on any atom is 0.328 e. The first-order valence-electron chi connectivity index (χ1n) is 6.56. The van der Waals surface area contributed by atoms with Crippen molar-refractivity contribution in [3.8, 4) is 11.1 Å². The van der Waals surface area contributed by atoms with E-state index in [9.17, 15) is 9.59 Å². The number of hydrogen-bond donors (Lipinski definition) is 2. The van der Waals surface area contributed by atoms with Gasteiger partial charge in [0.1, 0.15) is 0 Å². The number of carboxylic acid groups (broad SMARTS) is 1. The summed E-state index contributed by atoms with van der Waals surface area (Å²) in [6, 6.07) is 15.5. The highest BCUT2D eigenvalue weighted by molar-refractivity contribution is 5.95. The van der Waals surface area contributed by atoms with Gasteiger partial charge in [0.2, 0.25) is 5.91 Å². The predicted octanol–water partition coefficient (Wildman–Crippen LogP) is 2.51. The maximum atomic E-state index is 11.9. The van der Waals surface area contributed by atoms with Crippen LogP contribution in [-0.4, -0.2) is 17.0 Å². The van der Waals surface area contributed by atoms with Gasteiger partial charge in [-0.15, -0.1) is 0 Å². The van der Waals surface area contributed by atoms with Crippen LogP contribution in [0.25, 0.3) is 11.1 Å². The SMILES string of the molecule is O=C(O)C=CC(=O)NC1c2ccccc2-c2ccccc21. The smallest absolute Gasteiger partial charge is 0.328 e. The van der Waals surface area contributed by atoms with Gasteiger partial charge in [0, 0.05) is 12.2 Å². The quantitative estimate of drug-likeness (QED) is 0.848. The van der Waals surface area contributed by atoms with Crippen molar-refractivity contribution in [2.45, 2.75) is 6.04 Å². The van der Waals surface area contributed by atoms with E-state index in [1.54, 1.807) is 0 Å². The minimum atomic E-state index is -1.14. The second-order valence-electron chi connectivity index (χ2n) is 4.79. The molecule has 0 fully saturated rings. The number of hydrogen-bond acceptors (Lipinski definition) is 2. The zero-order valence-corrected chi connectivity index (χ0v) is 11.1. The Labute approximate surface area is 121 Å². The lowest BCUT2D eigenvalue weighted by atomic mass is 10.1. The van der Waals surface area contributed by atoms with Gasteiger partial charge in [-0.2, -0.15) is 0 Å². The van der Waals surface area contributed by atoms with Crippen LogP contribution in [0.3, 0.4) is 0 Å². The molecular formula is C17H13NO3. The summed E-state index contributed by atoms with van der Waals surface area (Å²) in [5.74, 6) is -1.56. The first-order chi connectivity index (χ1) is 10.2. The van der Waals surface area contributed by atoms with E-state index in [4.69, 9.17) is 5.11 Å². The summed E-state index contributed by atoms with van der Waals surface area (Å²) in [6.45, 7) is 0. The van der Waals surface area contributed by atoms with Gasteiger partial charge in [-0.25, -0.2) is 4.79 Å². The lowest BCUT2D eigenvalue weighted by Gasteiger charge is -2.14. The Balaban J connectivity index is 1.96. The van der Waals surface area contributed by atoms with Crippen molar-refractivity contribution >= 4 is 11.9 Å². The first kappa shape index (κ1) is 13.1. The van der Waals surface area contributed by atoms with Crippen molar-refractivity contribution in [2.24, 2.45) is 0 Å². The average Bonchev–Trinajstić information content (AvgIpc) is 2.80. The number of rotatable bonds is 3. The zero-order valence-electron chi connectivity index (χ0n) is 11.1. The molecule has 0 atom stereocenters. The molecule has 0 unspecified atom stereocenters. The summed E-state index contributed by atoms with van der Waals surface area (Å²) in [5.41, 5.74) is 4.24. The van der Waals surface area contributed by atoms with Gasteiger partial charge >= 0.3 is 5.97 Å². The van der Waals surface area contributed by atoms with Crippen molar-refractivity contribution in [3.63, 3.8) is 0 Å². The second-order valence-corrected chi connectivity index (χ2v) is 4.79. The molecule has 0 saturated carbocycles. The highest BCUT2D eigenvalue weighted by Gasteiger charge is 2.28. The molecule has 3 rings (SSSR count). The van der Waals surface area contributed by atoms with Crippen LogP contribution >= 0.6 is 0 Å². The van der Waals surface area contributed by atoms with Crippen LogP contribution in [0.15, 0.2) is 60.7 Å². The summed E-state index contributed by atoms with van der Waals surface area (Å²) in [5, 5.41) is 11.4. The Kier molecular flexibility index (Phi) is 3.28. The van der Waals surface area contributed by atoms with Crippen molar-refractivity contribution in [3.05, 3.63) is 71.8 Å². The van der Waals surface area contributed by atoms with E-state index in [1.165, 1.54) is 0 Å². The number of aliphatic carboxylic acids is 1. The standard InChI is InChI=1S/C17H13NO3/c19-15(9-10-16(20)21)18-17-13-7-3-1-5-11(13)12-6-2-4-8-14(12)17/h1-10,17H,(H,18,19)(H,20,21). The molecule has 1 amide bonds. The summed E-state index contributed by atoms with van der Waals surface area (Å²) in [6.07, 6.45) is 1.87. The second kappa shape index (κ2) is 5.25. The molecule has 0 spiro atoms. The van der Waals surface area contributed by atoms with Crippen LogP contribution in [-0.2, 0) is 9.59 Å². The third-order valence-corrected chi connectivity index (χ3v) is 3.50. The number of carbonyl (C=O) groups excluding carboxylic acids is 1. The van der Waals surface area contributed by atoms with Crippen LogP contribution in [0.1, 0.15) is 17.2 Å². The molecule has 4 nitrogen and oxygen atoms in total. The molecule has 0 bridgehead atoms. The molecule has 21 heavy (non-hydrogen) atoms. The van der Waals surface area contributed by atoms with E-state index in [2.05, 4.69) is 5.32 Å². The molecule has 0 radical (unpaired) electrons. The number of fused-ring (bicyclic) bond motifs is 3. The van der Waals surface area contributed by atoms with Gasteiger partial charge in [0.05, 0.1) is 6.04 Å². The van der Waals surface area contributed by atoms with E-state index in [1.807, 2.05) is 48.5 Å².